The number of ether oxygens (including phenoxy) is 1. The van der Waals surface area contributed by atoms with E-state index in [2.05, 4.69) is 23.8 Å². The zero-order valence-corrected chi connectivity index (χ0v) is 8.69. The number of hydrogen-bond donors (Lipinski definition) is 0. The van der Waals surface area contributed by atoms with Crippen LogP contribution in [0.4, 0.5) is 0 Å². The van der Waals surface area contributed by atoms with Crippen LogP contribution in [0.2, 0.25) is 0 Å². The molecule has 1 aromatic rings. The summed E-state index contributed by atoms with van der Waals surface area (Å²) >= 11 is 0. The smallest absolute Gasteiger partial charge is 0.181 e. The molecule has 0 aliphatic carbocycles. The van der Waals surface area contributed by atoms with E-state index in [4.69, 9.17) is 10.5 Å². The van der Waals surface area contributed by atoms with Gasteiger partial charge in [0.2, 0.25) is 0 Å². The van der Waals surface area contributed by atoms with Crippen molar-refractivity contribution in [2.24, 2.45) is 0 Å². The molecule has 3 nitrogen and oxygen atoms in total. The average molecular weight is 190 g/mol. The molecule has 3 heteroatoms. The molecule has 0 spiro atoms. The second-order valence-corrected chi connectivity index (χ2v) is 2.29. The number of rotatable bonds is 0. The summed E-state index contributed by atoms with van der Waals surface area (Å²) in [5.74, 6) is 0. The molecule has 74 valence electrons. The molecule has 0 heterocycles. The molecule has 0 saturated heterocycles. The Kier molecular flexibility index (Phi) is 14.4. The Morgan fingerprint density at radius 3 is 1.50 bits per heavy atom. The molecule has 0 radical (unpaired) electrons. The molecule has 1 aromatic carbocycles. The van der Waals surface area contributed by atoms with E-state index >= 15 is 0 Å². The van der Waals surface area contributed by atoms with Crippen LogP contribution in [0, 0.1) is 29.6 Å². The van der Waals surface area contributed by atoms with E-state index < -0.39 is 0 Å². The average Bonchev–Trinajstić information content (AvgIpc) is 2.21. The normalized spacial score (nSPS) is 6.36. The third kappa shape index (κ3) is 16.6. The van der Waals surface area contributed by atoms with Crippen LogP contribution in [0.5, 0.6) is 0 Å². The highest BCUT2D eigenvalue weighted by Gasteiger charge is 1.72. The van der Waals surface area contributed by atoms with Crippen molar-refractivity contribution >= 4 is 0 Å². The van der Waals surface area contributed by atoms with Crippen LogP contribution < -0.4 is 0 Å². The highest BCUT2D eigenvalue weighted by atomic mass is 16.4. The van der Waals surface area contributed by atoms with E-state index in [-0.39, 0.29) is 0 Å². The van der Waals surface area contributed by atoms with Crippen LogP contribution in [0.25, 0.3) is 0 Å². The zero-order valence-electron chi connectivity index (χ0n) is 8.69. The first-order chi connectivity index (χ1) is 6.72. The first-order valence-corrected chi connectivity index (χ1v) is 3.92. The number of aryl methyl sites for hydroxylation is 1. The van der Waals surface area contributed by atoms with E-state index in [1.54, 1.807) is 14.2 Å². The largest absolute Gasteiger partial charge is 0.388 e. The fourth-order valence-electron chi connectivity index (χ4n) is 0.534. The summed E-state index contributed by atoms with van der Waals surface area (Å²) in [5.41, 5.74) is 1.32. The van der Waals surface area contributed by atoms with Crippen LogP contribution in [0.3, 0.4) is 0 Å². The summed E-state index contributed by atoms with van der Waals surface area (Å²) in [6.45, 7) is 2.08. The van der Waals surface area contributed by atoms with Gasteiger partial charge in [0.05, 0.1) is 0 Å². The third-order valence-corrected chi connectivity index (χ3v) is 0.990. The maximum Gasteiger partial charge on any atom is 0.181 e. The Morgan fingerprint density at radius 2 is 1.36 bits per heavy atom. The Balaban J connectivity index is 0. The molecule has 0 unspecified atom stereocenters. The van der Waals surface area contributed by atoms with Gasteiger partial charge >= 0.3 is 0 Å². The quantitative estimate of drug-likeness (QED) is 0.630. The SMILES string of the molecule is COC.Cc1ccccc1.N#CC#N. The molecule has 0 saturated carbocycles. The van der Waals surface area contributed by atoms with Crippen LogP contribution in [-0.4, -0.2) is 14.2 Å². The molecular weight excluding hydrogens is 176 g/mol. The molecule has 0 amide bonds. The van der Waals surface area contributed by atoms with Gasteiger partial charge in [-0.25, -0.2) is 0 Å². The maximum absolute atomic E-state index is 7.26. The minimum Gasteiger partial charge on any atom is -0.388 e. The maximum atomic E-state index is 7.26. The molecule has 0 aliphatic rings. The lowest BCUT2D eigenvalue weighted by atomic mass is 10.2. The van der Waals surface area contributed by atoms with Gasteiger partial charge in [-0.1, -0.05) is 35.9 Å². The first kappa shape index (κ1) is 14.7. The van der Waals surface area contributed by atoms with Crippen LogP contribution in [-0.2, 0) is 4.74 Å². The zero-order chi connectivity index (χ0) is 11.2. The minimum atomic E-state index is 1.24. The molecule has 0 atom stereocenters. The van der Waals surface area contributed by atoms with Gasteiger partial charge in [-0.2, -0.15) is 10.5 Å². The Morgan fingerprint density at radius 1 is 1.00 bits per heavy atom. The fraction of sp³-hybridized carbons (Fsp3) is 0.273. The van der Waals surface area contributed by atoms with Gasteiger partial charge in [0.25, 0.3) is 0 Å². The van der Waals surface area contributed by atoms with E-state index in [1.807, 2.05) is 18.2 Å². The second-order valence-electron chi connectivity index (χ2n) is 2.29. The Bertz CT molecular complexity index is 270. The number of benzene rings is 1. The molecule has 14 heavy (non-hydrogen) atoms. The first-order valence-electron chi connectivity index (χ1n) is 3.92. The number of hydrogen-bond acceptors (Lipinski definition) is 3. The highest BCUT2D eigenvalue weighted by Crippen LogP contribution is 1.92. The van der Waals surface area contributed by atoms with E-state index in [1.165, 1.54) is 17.7 Å². The van der Waals surface area contributed by atoms with Crippen molar-refractivity contribution in [3.63, 3.8) is 0 Å². The van der Waals surface area contributed by atoms with Crippen molar-refractivity contribution in [1.29, 1.82) is 10.5 Å². The minimum absolute atomic E-state index is 1.24. The van der Waals surface area contributed by atoms with Crippen LogP contribution in [0.1, 0.15) is 5.56 Å². The number of nitriles is 2. The number of methoxy groups -OCH3 is 1. The summed E-state index contributed by atoms with van der Waals surface area (Å²) in [4.78, 5) is 0. The predicted molar refractivity (Wildman–Crippen MR) is 55.3 cm³/mol. The van der Waals surface area contributed by atoms with Crippen molar-refractivity contribution < 1.29 is 4.74 Å². The van der Waals surface area contributed by atoms with Gasteiger partial charge < -0.3 is 4.74 Å². The summed E-state index contributed by atoms with van der Waals surface area (Å²) in [5, 5.41) is 14.5. The van der Waals surface area contributed by atoms with E-state index in [9.17, 15) is 0 Å². The van der Waals surface area contributed by atoms with Crippen LogP contribution in [0.15, 0.2) is 30.3 Å². The molecule has 0 bridgehead atoms. The standard InChI is InChI=1S/C7H8.C2N2.C2H6O/c1-7-5-3-2-4-6-7;3-1-2-4;1-3-2/h2-6H,1H3;;1-2H3. The molecule has 0 fully saturated rings. The molecule has 0 N–H and O–H groups in total. The predicted octanol–water partition coefficient (Wildman–Crippen LogP) is 2.29. The molecular formula is C11H14N2O. The van der Waals surface area contributed by atoms with Crippen molar-refractivity contribution in [3.8, 4) is 12.1 Å². The van der Waals surface area contributed by atoms with Gasteiger partial charge in [0.1, 0.15) is 0 Å². The van der Waals surface area contributed by atoms with E-state index in [0.717, 1.165) is 0 Å². The van der Waals surface area contributed by atoms with Gasteiger partial charge in [0, 0.05) is 14.2 Å². The molecule has 0 aromatic heterocycles. The lowest BCUT2D eigenvalue weighted by Gasteiger charge is -1.82. The van der Waals surface area contributed by atoms with Gasteiger partial charge in [-0.15, -0.1) is 0 Å². The van der Waals surface area contributed by atoms with Crippen LogP contribution >= 0.6 is 0 Å². The topological polar surface area (TPSA) is 56.8 Å². The van der Waals surface area contributed by atoms with Crippen molar-refractivity contribution in [2.75, 3.05) is 14.2 Å². The monoisotopic (exact) mass is 190 g/mol. The van der Waals surface area contributed by atoms with Gasteiger partial charge in [-0.3, -0.25) is 0 Å². The van der Waals surface area contributed by atoms with Gasteiger partial charge in [-0.05, 0) is 6.92 Å². The van der Waals surface area contributed by atoms with Gasteiger partial charge in [0.15, 0.2) is 12.1 Å². The van der Waals surface area contributed by atoms with Crippen molar-refractivity contribution in [2.45, 2.75) is 6.92 Å². The highest BCUT2D eigenvalue weighted by molar-refractivity contribution is 5.11. The summed E-state index contributed by atoms with van der Waals surface area (Å²) in [6.07, 6.45) is 0. The van der Waals surface area contributed by atoms with Crippen molar-refractivity contribution in [3.05, 3.63) is 35.9 Å². The third-order valence-electron chi connectivity index (χ3n) is 0.990. The Labute approximate surface area is 85.2 Å². The molecule has 1 rings (SSSR count). The number of nitrogens with zero attached hydrogens (tertiary/aromatic N) is 2. The lowest BCUT2D eigenvalue weighted by Crippen LogP contribution is -1.62. The fourth-order valence-corrected chi connectivity index (χ4v) is 0.534. The lowest BCUT2D eigenvalue weighted by molar-refractivity contribution is 0.277. The summed E-state index contributed by atoms with van der Waals surface area (Å²) < 4.78 is 4.25. The summed E-state index contributed by atoms with van der Waals surface area (Å²) in [7, 11) is 3.25. The second kappa shape index (κ2) is 13.7. The summed E-state index contributed by atoms with van der Waals surface area (Å²) in [6, 6.07) is 12.7. The molecule has 0 aliphatic heterocycles. The van der Waals surface area contributed by atoms with Crippen molar-refractivity contribution in [1.82, 2.24) is 0 Å². The Hall–Kier alpha value is -1.84. The van der Waals surface area contributed by atoms with E-state index in [0.29, 0.717) is 0 Å².